The fourth-order valence-electron chi connectivity index (χ4n) is 1.58. The molecule has 2 aromatic carbocycles. The smallest absolute Gasteiger partial charge is 0.418 e. The van der Waals surface area contributed by atoms with E-state index in [0.29, 0.717) is 6.07 Å². The van der Waals surface area contributed by atoms with E-state index in [1.807, 2.05) is 0 Å². The van der Waals surface area contributed by atoms with Gasteiger partial charge in [-0.1, -0.05) is 15.9 Å². The summed E-state index contributed by atoms with van der Waals surface area (Å²) in [6.07, 6.45) is -4.68. The largest absolute Gasteiger partial charge is 0.454 e. The van der Waals surface area contributed by atoms with Crippen LogP contribution in [0.2, 0.25) is 0 Å². The molecule has 2 rings (SSSR count). The van der Waals surface area contributed by atoms with Crippen LogP contribution in [0.4, 0.5) is 27.6 Å². The molecular formula is C13H7BrF5NO. The van der Waals surface area contributed by atoms with E-state index >= 15 is 0 Å². The van der Waals surface area contributed by atoms with Crippen molar-refractivity contribution in [1.82, 2.24) is 0 Å². The number of hydrogen-bond acceptors (Lipinski definition) is 2. The van der Waals surface area contributed by atoms with Gasteiger partial charge in [0.1, 0.15) is 5.75 Å². The molecule has 0 saturated heterocycles. The molecule has 8 heteroatoms. The number of nitrogens with two attached hydrogens (primary N) is 1. The van der Waals surface area contributed by atoms with E-state index in [-0.39, 0.29) is 10.2 Å². The van der Waals surface area contributed by atoms with Gasteiger partial charge in [-0.25, -0.2) is 4.39 Å². The Morgan fingerprint density at radius 2 is 1.71 bits per heavy atom. The molecule has 0 fully saturated rings. The van der Waals surface area contributed by atoms with Crippen LogP contribution in [-0.2, 0) is 6.18 Å². The summed E-state index contributed by atoms with van der Waals surface area (Å²) in [6.45, 7) is 0. The van der Waals surface area contributed by atoms with Crippen LogP contribution in [0, 0.1) is 11.6 Å². The molecule has 0 unspecified atom stereocenters. The molecule has 2 aromatic rings. The number of ether oxygens (including phenoxy) is 1. The van der Waals surface area contributed by atoms with E-state index < -0.39 is 34.8 Å². The molecule has 0 bridgehead atoms. The van der Waals surface area contributed by atoms with Crippen LogP contribution in [0.25, 0.3) is 0 Å². The normalized spacial score (nSPS) is 11.5. The minimum Gasteiger partial charge on any atom is -0.454 e. The van der Waals surface area contributed by atoms with Crippen molar-refractivity contribution in [3.63, 3.8) is 0 Å². The maximum Gasteiger partial charge on any atom is 0.418 e. The second-order valence-corrected chi connectivity index (χ2v) is 4.96. The van der Waals surface area contributed by atoms with E-state index in [4.69, 9.17) is 10.5 Å². The van der Waals surface area contributed by atoms with Crippen molar-refractivity contribution >= 4 is 21.6 Å². The van der Waals surface area contributed by atoms with Gasteiger partial charge >= 0.3 is 6.18 Å². The fraction of sp³-hybridized carbons (Fsp3) is 0.0769. The van der Waals surface area contributed by atoms with Gasteiger partial charge in [0, 0.05) is 10.2 Å². The van der Waals surface area contributed by atoms with Gasteiger partial charge in [0.25, 0.3) is 0 Å². The maximum atomic E-state index is 13.5. The number of nitrogen functional groups attached to an aromatic ring is 1. The Kier molecular flexibility index (Phi) is 4.08. The Labute approximate surface area is 124 Å². The zero-order chi connectivity index (χ0) is 15.8. The molecule has 0 radical (unpaired) electrons. The van der Waals surface area contributed by atoms with Gasteiger partial charge in [-0.2, -0.15) is 17.6 Å². The van der Waals surface area contributed by atoms with Gasteiger partial charge in [0.2, 0.25) is 5.82 Å². The zero-order valence-corrected chi connectivity index (χ0v) is 11.7. The first-order valence-corrected chi connectivity index (χ1v) is 6.27. The van der Waals surface area contributed by atoms with Crippen molar-refractivity contribution in [3.8, 4) is 11.5 Å². The van der Waals surface area contributed by atoms with E-state index in [9.17, 15) is 22.0 Å². The lowest BCUT2D eigenvalue weighted by Crippen LogP contribution is -2.09. The lowest BCUT2D eigenvalue weighted by molar-refractivity contribution is -0.137. The van der Waals surface area contributed by atoms with Crippen LogP contribution in [-0.4, -0.2) is 0 Å². The van der Waals surface area contributed by atoms with Gasteiger partial charge in [0.05, 0.1) is 5.56 Å². The van der Waals surface area contributed by atoms with Crippen LogP contribution in [0.5, 0.6) is 11.5 Å². The molecule has 0 heterocycles. The van der Waals surface area contributed by atoms with Gasteiger partial charge in [-0.3, -0.25) is 0 Å². The SMILES string of the molecule is Nc1ccc(Oc2cc(Br)cc(F)c2F)cc1C(F)(F)F. The van der Waals surface area contributed by atoms with Gasteiger partial charge in [-0.15, -0.1) is 0 Å². The number of benzene rings is 2. The minimum atomic E-state index is -4.68. The summed E-state index contributed by atoms with van der Waals surface area (Å²) in [4.78, 5) is 0. The summed E-state index contributed by atoms with van der Waals surface area (Å²) in [5, 5.41) is 0. The summed E-state index contributed by atoms with van der Waals surface area (Å²) in [5.74, 6) is -3.35. The first-order valence-electron chi connectivity index (χ1n) is 5.47. The molecule has 2 nitrogen and oxygen atoms in total. The highest BCUT2D eigenvalue weighted by atomic mass is 79.9. The summed E-state index contributed by atoms with van der Waals surface area (Å²) < 4.78 is 69.9. The highest BCUT2D eigenvalue weighted by Crippen LogP contribution is 2.37. The van der Waals surface area contributed by atoms with Crippen molar-refractivity contribution < 1.29 is 26.7 Å². The predicted octanol–water partition coefficient (Wildman–Crippen LogP) is 5.12. The molecular weight excluding hydrogens is 361 g/mol. The van der Waals surface area contributed by atoms with Crippen molar-refractivity contribution in [2.24, 2.45) is 0 Å². The van der Waals surface area contributed by atoms with Crippen molar-refractivity contribution in [1.29, 1.82) is 0 Å². The molecule has 0 aliphatic rings. The molecule has 21 heavy (non-hydrogen) atoms. The molecule has 0 spiro atoms. The monoisotopic (exact) mass is 367 g/mol. The van der Waals surface area contributed by atoms with Crippen LogP contribution >= 0.6 is 15.9 Å². The number of alkyl halides is 3. The second kappa shape index (κ2) is 5.51. The Morgan fingerprint density at radius 1 is 1.05 bits per heavy atom. The predicted molar refractivity (Wildman–Crippen MR) is 70.0 cm³/mol. The minimum absolute atomic E-state index is 0.183. The third kappa shape index (κ3) is 3.44. The van der Waals surface area contributed by atoms with Crippen LogP contribution < -0.4 is 10.5 Å². The number of halogens is 6. The highest BCUT2D eigenvalue weighted by molar-refractivity contribution is 9.10. The van der Waals surface area contributed by atoms with E-state index in [2.05, 4.69) is 15.9 Å². The Bertz CT molecular complexity index is 687. The second-order valence-electron chi connectivity index (χ2n) is 4.05. The van der Waals surface area contributed by atoms with Gasteiger partial charge in [0.15, 0.2) is 11.6 Å². The zero-order valence-electron chi connectivity index (χ0n) is 10.1. The molecule has 2 N–H and O–H groups in total. The first-order chi connectivity index (χ1) is 9.68. The molecule has 0 amide bonds. The average Bonchev–Trinajstić information content (AvgIpc) is 2.36. The van der Waals surface area contributed by atoms with Crippen molar-refractivity contribution in [2.45, 2.75) is 6.18 Å². The molecule has 0 atom stereocenters. The van der Waals surface area contributed by atoms with E-state index in [0.717, 1.165) is 24.3 Å². The van der Waals surface area contributed by atoms with Crippen LogP contribution in [0.15, 0.2) is 34.8 Å². The third-order valence-corrected chi connectivity index (χ3v) is 2.98. The van der Waals surface area contributed by atoms with E-state index in [1.165, 1.54) is 0 Å². The molecule has 0 aromatic heterocycles. The van der Waals surface area contributed by atoms with Crippen molar-refractivity contribution in [3.05, 3.63) is 52.0 Å². The Morgan fingerprint density at radius 3 is 2.33 bits per heavy atom. The molecule has 112 valence electrons. The topological polar surface area (TPSA) is 35.2 Å². The lowest BCUT2D eigenvalue weighted by Gasteiger charge is -2.13. The Hall–Kier alpha value is -1.83. The quantitative estimate of drug-likeness (QED) is 0.454. The third-order valence-electron chi connectivity index (χ3n) is 2.52. The summed E-state index contributed by atoms with van der Waals surface area (Å²) in [6, 6.07) is 4.69. The summed E-state index contributed by atoms with van der Waals surface area (Å²) in [7, 11) is 0. The standard InChI is InChI=1S/C13H7BrF5NO/c14-6-3-9(15)12(16)11(4-6)21-7-1-2-10(20)8(5-7)13(17,18)19/h1-5H,20H2. The van der Waals surface area contributed by atoms with Gasteiger partial charge in [-0.05, 0) is 30.3 Å². The van der Waals surface area contributed by atoms with E-state index in [1.54, 1.807) is 0 Å². The number of anilines is 1. The first kappa shape index (κ1) is 15.6. The molecule has 0 saturated carbocycles. The van der Waals surface area contributed by atoms with Crippen molar-refractivity contribution in [2.75, 3.05) is 5.73 Å². The summed E-state index contributed by atoms with van der Waals surface area (Å²) >= 11 is 2.93. The highest BCUT2D eigenvalue weighted by Gasteiger charge is 2.33. The average molecular weight is 368 g/mol. The van der Waals surface area contributed by atoms with Gasteiger partial charge < -0.3 is 10.5 Å². The summed E-state index contributed by atoms with van der Waals surface area (Å²) in [5.41, 5.74) is 3.62. The molecule has 0 aliphatic carbocycles. The number of rotatable bonds is 2. The van der Waals surface area contributed by atoms with Crippen LogP contribution in [0.3, 0.4) is 0 Å². The Balaban J connectivity index is 2.41. The molecule has 0 aliphatic heterocycles. The van der Waals surface area contributed by atoms with Crippen LogP contribution in [0.1, 0.15) is 5.56 Å². The maximum absolute atomic E-state index is 13.5. The lowest BCUT2D eigenvalue weighted by atomic mass is 10.1. The number of hydrogen-bond donors (Lipinski definition) is 1. The fourth-order valence-corrected chi connectivity index (χ4v) is 1.99.